The van der Waals surface area contributed by atoms with E-state index in [2.05, 4.69) is 10.3 Å². The molecule has 5 nitrogen and oxygen atoms in total. The van der Waals surface area contributed by atoms with Crippen LogP contribution in [0.5, 0.6) is 0 Å². The molecule has 0 aliphatic heterocycles. The summed E-state index contributed by atoms with van der Waals surface area (Å²) in [6.45, 7) is 0.256. The van der Waals surface area contributed by atoms with Crippen LogP contribution < -0.4 is 11.1 Å². The van der Waals surface area contributed by atoms with Crippen LogP contribution in [-0.2, 0) is 0 Å². The van der Waals surface area contributed by atoms with E-state index in [1.807, 2.05) is 0 Å². The average molecular weight is 249 g/mol. The van der Waals surface area contributed by atoms with Gasteiger partial charge in [0.05, 0.1) is 5.56 Å². The van der Waals surface area contributed by atoms with Crippen LogP contribution in [0.25, 0.3) is 0 Å². The monoisotopic (exact) mass is 249 g/mol. The minimum atomic E-state index is -0.466. The maximum atomic E-state index is 10.9. The van der Waals surface area contributed by atoms with Crippen LogP contribution in [-0.4, -0.2) is 28.6 Å². The molecule has 1 aliphatic carbocycles. The first-order chi connectivity index (χ1) is 8.69. The number of nitrogens with two attached hydrogens (primary N) is 1. The van der Waals surface area contributed by atoms with Gasteiger partial charge in [0.1, 0.15) is 5.82 Å². The van der Waals surface area contributed by atoms with E-state index in [0.717, 1.165) is 31.5 Å². The van der Waals surface area contributed by atoms with E-state index in [4.69, 9.17) is 5.73 Å². The van der Waals surface area contributed by atoms with Gasteiger partial charge in [-0.15, -0.1) is 0 Å². The van der Waals surface area contributed by atoms with Gasteiger partial charge >= 0.3 is 0 Å². The van der Waals surface area contributed by atoms with E-state index in [-0.39, 0.29) is 6.61 Å². The number of nitrogens with one attached hydrogen (secondary N) is 1. The number of rotatable bonds is 4. The predicted octanol–water partition coefficient (Wildman–Crippen LogP) is 1.14. The smallest absolute Gasteiger partial charge is 0.250 e. The number of hydrogen-bond donors (Lipinski definition) is 3. The number of carbonyl (C=O) groups excluding carboxylic acids is 1. The first kappa shape index (κ1) is 12.8. The van der Waals surface area contributed by atoms with E-state index in [9.17, 15) is 9.90 Å². The van der Waals surface area contributed by atoms with Crippen LogP contribution in [0.15, 0.2) is 18.3 Å². The molecular weight excluding hydrogens is 230 g/mol. The zero-order valence-corrected chi connectivity index (χ0v) is 10.3. The average Bonchev–Trinajstić information content (AvgIpc) is 2.39. The Hall–Kier alpha value is -1.62. The molecule has 98 valence electrons. The van der Waals surface area contributed by atoms with E-state index in [1.165, 1.54) is 6.20 Å². The third-order valence-corrected chi connectivity index (χ3v) is 3.44. The lowest BCUT2D eigenvalue weighted by atomic mass is 9.86. The molecule has 2 unspecified atom stereocenters. The molecule has 2 atom stereocenters. The Morgan fingerprint density at radius 3 is 2.94 bits per heavy atom. The van der Waals surface area contributed by atoms with Gasteiger partial charge in [0, 0.05) is 18.8 Å². The largest absolute Gasteiger partial charge is 0.396 e. The van der Waals surface area contributed by atoms with Gasteiger partial charge in [-0.3, -0.25) is 4.79 Å². The molecule has 18 heavy (non-hydrogen) atoms. The molecule has 0 saturated heterocycles. The van der Waals surface area contributed by atoms with Gasteiger partial charge in [-0.1, -0.05) is 6.42 Å². The maximum Gasteiger partial charge on any atom is 0.250 e. The van der Waals surface area contributed by atoms with Gasteiger partial charge in [0.2, 0.25) is 5.91 Å². The number of aromatic nitrogens is 1. The third kappa shape index (κ3) is 3.20. The Kier molecular flexibility index (Phi) is 4.15. The van der Waals surface area contributed by atoms with E-state index < -0.39 is 5.91 Å². The summed E-state index contributed by atoms with van der Waals surface area (Å²) in [5.41, 5.74) is 5.57. The van der Waals surface area contributed by atoms with Crippen LogP contribution in [0.2, 0.25) is 0 Å². The van der Waals surface area contributed by atoms with Gasteiger partial charge < -0.3 is 16.2 Å². The van der Waals surface area contributed by atoms with Crippen LogP contribution in [0.1, 0.15) is 36.0 Å². The van der Waals surface area contributed by atoms with E-state index in [1.54, 1.807) is 12.1 Å². The van der Waals surface area contributed by atoms with Crippen molar-refractivity contribution in [1.29, 1.82) is 0 Å². The second kappa shape index (κ2) is 5.82. The van der Waals surface area contributed by atoms with Crippen molar-refractivity contribution in [2.45, 2.75) is 31.7 Å². The number of anilines is 1. The minimum absolute atomic E-state index is 0.256. The SMILES string of the molecule is NC(=O)c1ccc(NC2CCCC(CO)C2)nc1. The summed E-state index contributed by atoms with van der Waals surface area (Å²) in [5.74, 6) is 0.678. The molecule has 2 rings (SSSR count). The van der Waals surface area contributed by atoms with E-state index in [0.29, 0.717) is 17.5 Å². The van der Waals surface area contributed by atoms with Crippen LogP contribution in [0, 0.1) is 5.92 Å². The number of hydrogen-bond acceptors (Lipinski definition) is 4. The van der Waals surface area contributed by atoms with Gasteiger partial charge in [0.15, 0.2) is 0 Å². The molecule has 1 heterocycles. The van der Waals surface area contributed by atoms with Crippen molar-refractivity contribution in [3.8, 4) is 0 Å². The Morgan fingerprint density at radius 1 is 1.50 bits per heavy atom. The highest BCUT2D eigenvalue weighted by atomic mass is 16.3. The standard InChI is InChI=1S/C13H19N3O2/c14-13(18)10-4-5-12(15-7-10)16-11-3-1-2-9(6-11)8-17/h4-5,7,9,11,17H,1-3,6,8H2,(H2,14,18)(H,15,16). The number of amides is 1. The molecule has 1 aromatic heterocycles. The first-order valence-electron chi connectivity index (χ1n) is 6.32. The molecule has 0 aromatic carbocycles. The Labute approximate surface area is 106 Å². The highest BCUT2D eigenvalue weighted by Crippen LogP contribution is 2.25. The second-order valence-corrected chi connectivity index (χ2v) is 4.85. The summed E-state index contributed by atoms with van der Waals surface area (Å²) < 4.78 is 0. The zero-order valence-electron chi connectivity index (χ0n) is 10.3. The molecular formula is C13H19N3O2. The summed E-state index contributed by atoms with van der Waals surface area (Å²) in [4.78, 5) is 15.1. The summed E-state index contributed by atoms with van der Waals surface area (Å²) in [5, 5.41) is 12.5. The molecule has 0 spiro atoms. The van der Waals surface area contributed by atoms with Gasteiger partial charge in [-0.25, -0.2) is 4.98 Å². The fraction of sp³-hybridized carbons (Fsp3) is 0.538. The van der Waals surface area contributed by atoms with Crippen LogP contribution >= 0.6 is 0 Å². The van der Waals surface area contributed by atoms with Crippen LogP contribution in [0.4, 0.5) is 5.82 Å². The van der Waals surface area contributed by atoms with Gasteiger partial charge in [0.25, 0.3) is 0 Å². The molecule has 1 fully saturated rings. The predicted molar refractivity (Wildman–Crippen MR) is 69.2 cm³/mol. The number of aliphatic hydroxyl groups excluding tert-OH is 1. The van der Waals surface area contributed by atoms with Crippen molar-refractivity contribution in [3.05, 3.63) is 23.9 Å². The van der Waals surface area contributed by atoms with Crippen molar-refractivity contribution >= 4 is 11.7 Å². The second-order valence-electron chi connectivity index (χ2n) is 4.85. The first-order valence-corrected chi connectivity index (χ1v) is 6.32. The van der Waals surface area contributed by atoms with Gasteiger partial charge in [-0.2, -0.15) is 0 Å². The number of carbonyl (C=O) groups is 1. The molecule has 1 saturated carbocycles. The fourth-order valence-electron chi connectivity index (χ4n) is 2.42. The van der Waals surface area contributed by atoms with Crippen molar-refractivity contribution < 1.29 is 9.90 Å². The van der Waals surface area contributed by atoms with E-state index >= 15 is 0 Å². The number of pyridine rings is 1. The Morgan fingerprint density at radius 2 is 2.33 bits per heavy atom. The maximum absolute atomic E-state index is 10.9. The topological polar surface area (TPSA) is 88.2 Å². The number of primary amides is 1. The van der Waals surface area contributed by atoms with Crippen molar-refractivity contribution in [2.75, 3.05) is 11.9 Å². The minimum Gasteiger partial charge on any atom is -0.396 e. The zero-order chi connectivity index (χ0) is 13.0. The lowest BCUT2D eigenvalue weighted by Gasteiger charge is -2.28. The van der Waals surface area contributed by atoms with Crippen molar-refractivity contribution in [3.63, 3.8) is 0 Å². The number of nitrogens with zero attached hydrogens (tertiary/aromatic N) is 1. The Balaban J connectivity index is 1.94. The molecule has 1 aliphatic rings. The van der Waals surface area contributed by atoms with Gasteiger partial charge in [-0.05, 0) is 37.3 Å². The third-order valence-electron chi connectivity index (χ3n) is 3.44. The van der Waals surface area contributed by atoms with Crippen molar-refractivity contribution in [1.82, 2.24) is 4.98 Å². The summed E-state index contributed by atoms with van der Waals surface area (Å²) in [6, 6.07) is 3.79. The molecule has 5 heteroatoms. The molecule has 1 aromatic rings. The van der Waals surface area contributed by atoms with Crippen LogP contribution in [0.3, 0.4) is 0 Å². The highest BCUT2D eigenvalue weighted by molar-refractivity contribution is 5.92. The summed E-state index contributed by atoms with van der Waals surface area (Å²) in [6.07, 6.45) is 5.77. The summed E-state index contributed by atoms with van der Waals surface area (Å²) >= 11 is 0. The molecule has 0 radical (unpaired) electrons. The highest BCUT2D eigenvalue weighted by Gasteiger charge is 2.21. The lowest BCUT2D eigenvalue weighted by Crippen LogP contribution is -2.29. The Bertz CT molecular complexity index is 405. The quantitative estimate of drug-likeness (QED) is 0.746. The molecule has 1 amide bonds. The lowest BCUT2D eigenvalue weighted by molar-refractivity contribution is 0.1000. The molecule has 4 N–H and O–H groups in total. The fourth-order valence-corrected chi connectivity index (χ4v) is 2.42. The normalized spacial score (nSPS) is 23.6. The molecule has 0 bridgehead atoms. The number of aliphatic hydroxyl groups is 1. The van der Waals surface area contributed by atoms with Crippen molar-refractivity contribution in [2.24, 2.45) is 11.7 Å². The summed E-state index contributed by atoms with van der Waals surface area (Å²) in [7, 11) is 0.